The highest BCUT2D eigenvalue weighted by Gasteiger charge is 2.33. The van der Waals surface area contributed by atoms with Crippen LogP contribution in [-0.4, -0.2) is 76.6 Å². The van der Waals surface area contributed by atoms with Crippen LogP contribution >= 0.6 is 0 Å². The summed E-state index contributed by atoms with van der Waals surface area (Å²) in [6, 6.07) is 15.1. The highest BCUT2D eigenvalue weighted by atomic mass is 16.5. The molecule has 40 heavy (non-hydrogen) atoms. The highest BCUT2D eigenvalue weighted by Crippen LogP contribution is 2.30. The molecule has 0 saturated carbocycles. The van der Waals surface area contributed by atoms with Crippen LogP contribution in [0.4, 0.5) is 4.79 Å². The molecule has 220 valence electrons. The molecule has 0 radical (unpaired) electrons. The SMILES string of the molecule is CC[C@@H](NC(=O)OC[C@@H]1CNC[C@H]1CN(C(=O)c1ccc(OC)c(OCCCOC)c1)C(C)C)c1ccccc1. The predicted octanol–water partition coefficient (Wildman–Crippen LogP) is 4.67. The van der Waals surface area contributed by atoms with Crippen molar-refractivity contribution in [3.63, 3.8) is 0 Å². The second kappa shape index (κ2) is 16.1. The molecule has 2 amide bonds. The maximum Gasteiger partial charge on any atom is 0.407 e. The number of hydrogen-bond donors (Lipinski definition) is 2. The van der Waals surface area contributed by atoms with E-state index in [4.69, 9.17) is 18.9 Å². The van der Waals surface area contributed by atoms with Gasteiger partial charge in [0.1, 0.15) is 0 Å². The first-order chi connectivity index (χ1) is 19.4. The van der Waals surface area contributed by atoms with E-state index in [0.29, 0.717) is 36.8 Å². The average Bonchev–Trinajstić information content (AvgIpc) is 3.42. The average molecular weight is 556 g/mol. The van der Waals surface area contributed by atoms with Gasteiger partial charge in [-0.15, -0.1) is 0 Å². The number of nitrogens with one attached hydrogen (secondary N) is 2. The van der Waals surface area contributed by atoms with Crippen LogP contribution < -0.4 is 20.1 Å². The number of amides is 2. The number of alkyl carbamates (subject to hydrolysis) is 1. The molecule has 0 unspecified atom stereocenters. The van der Waals surface area contributed by atoms with Gasteiger partial charge in [-0.1, -0.05) is 37.3 Å². The number of hydrogen-bond acceptors (Lipinski definition) is 7. The maximum atomic E-state index is 13.7. The fourth-order valence-electron chi connectivity index (χ4n) is 4.92. The third-order valence-electron chi connectivity index (χ3n) is 7.29. The Labute approximate surface area is 238 Å². The second-order valence-corrected chi connectivity index (χ2v) is 10.4. The summed E-state index contributed by atoms with van der Waals surface area (Å²) in [6.45, 7) is 9.44. The lowest BCUT2D eigenvalue weighted by Gasteiger charge is -2.31. The zero-order valence-electron chi connectivity index (χ0n) is 24.5. The lowest BCUT2D eigenvalue weighted by molar-refractivity contribution is 0.0627. The van der Waals surface area contributed by atoms with Crippen molar-refractivity contribution in [2.45, 2.75) is 45.7 Å². The van der Waals surface area contributed by atoms with Gasteiger partial charge in [-0.3, -0.25) is 4.79 Å². The summed E-state index contributed by atoms with van der Waals surface area (Å²) in [4.78, 5) is 28.2. The third-order valence-corrected chi connectivity index (χ3v) is 7.29. The van der Waals surface area contributed by atoms with Gasteiger partial charge in [0.2, 0.25) is 0 Å². The first-order valence-electron chi connectivity index (χ1n) is 14.2. The summed E-state index contributed by atoms with van der Waals surface area (Å²) in [5, 5.41) is 6.39. The quantitative estimate of drug-likeness (QED) is 0.308. The molecule has 0 aliphatic carbocycles. The first-order valence-corrected chi connectivity index (χ1v) is 14.2. The number of rotatable bonds is 15. The summed E-state index contributed by atoms with van der Waals surface area (Å²) >= 11 is 0. The molecule has 3 rings (SSSR count). The van der Waals surface area contributed by atoms with E-state index in [-0.39, 0.29) is 36.4 Å². The Balaban J connectivity index is 1.61. The van der Waals surface area contributed by atoms with Gasteiger partial charge in [0, 0.05) is 57.3 Å². The minimum atomic E-state index is -0.422. The lowest BCUT2D eigenvalue weighted by atomic mass is 9.95. The molecule has 0 bridgehead atoms. The van der Waals surface area contributed by atoms with Gasteiger partial charge in [-0.25, -0.2) is 4.79 Å². The van der Waals surface area contributed by atoms with Crippen LogP contribution in [0.25, 0.3) is 0 Å². The number of ether oxygens (including phenoxy) is 4. The van der Waals surface area contributed by atoms with E-state index < -0.39 is 6.09 Å². The largest absolute Gasteiger partial charge is 0.493 e. The topological polar surface area (TPSA) is 98.4 Å². The molecule has 2 N–H and O–H groups in total. The standard InChI is InChI=1S/C31H45N3O6/c1-6-27(23-11-8-7-9-12-23)33-31(36)40-21-26-19-32-18-25(26)20-34(22(2)3)30(35)24-13-14-28(38-5)29(17-24)39-16-10-15-37-4/h7-9,11-14,17,22,25-27,32H,6,10,15-16,18-21H2,1-5H3,(H,33,36)/t25-,26-,27+/m0/s1. The minimum Gasteiger partial charge on any atom is -0.493 e. The summed E-state index contributed by atoms with van der Waals surface area (Å²) in [5.74, 6) is 1.30. The summed E-state index contributed by atoms with van der Waals surface area (Å²) in [7, 11) is 3.23. The number of nitrogens with zero attached hydrogens (tertiary/aromatic N) is 1. The van der Waals surface area contributed by atoms with E-state index in [0.717, 1.165) is 31.5 Å². The first kappa shape index (κ1) is 31.2. The Morgan fingerprint density at radius 1 is 1.02 bits per heavy atom. The Hall–Kier alpha value is -3.30. The van der Waals surface area contributed by atoms with E-state index in [1.54, 1.807) is 32.4 Å². The number of methoxy groups -OCH3 is 2. The van der Waals surface area contributed by atoms with Crippen molar-refractivity contribution in [1.82, 2.24) is 15.5 Å². The normalized spacial score (nSPS) is 17.4. The van der Waals surface area contributed by atoms with Crippen LogP contribution in [0.5, 0.6) is 11.5 Å². The highest BCUT2D eigenvalue weighted by molar-refractivity contribution is 5.95. The van der Waals surface area contributed by atoms with Crippen LogP contribution in [0.15, 0.2) is 48.5 Å². The minimum absolute atomic E-state index is 0.0117. The molecule has 1 fully saturated rings. The van der Waals surface area contributed by atoms with Gasteiger partial charge >= 0.3 is 6.09 Å². The Bertz CT molecular complexity index is 1060. The molecule has 1 saturated heterocycles. The third kappa shape index (κ3) is 8.86. The zero-order chi connectivity index (χ0) is 28.9. The monoisotopic (exact) mass is 555 g/mol. The van der Waals surface area contributed by atoms with Crippen molar-refractivity contribution in [2.24, 2.45) is 11.8 Å². The summed E-state index contributed by atoms with van der Waals surface area (Å²) in [5.41, 5.74) is 1.59. The number of benzene rings is 2. The number of carbonyl (C=O) groups is 2. The van der Waals surface area contributed by atoms with E-state index in [1.807, 2.05) is 56.0 Å². The van der Waals surface area contributed by atoms with E-state index >= 15 is 0 Å². The Morgan fingerprint density at radius 3 is 2.45 bits per heavy atom. The maximum absolute atomic E-state index is 13.7. The van der Waals surface area contributed by atoms with E-state index in [1.165, 1.54) is 0 Å². The Morgan fingerprint density at radius 2 is 1.77 bits per heavy atom. The smallest absolute Gasteiger partial charge is 0.407 e. The van der Waals surface area contributed by atoms with E-state index in [2.05, 4.69) is 10.6 Å². The zero-order valence-corrected chi connectivity index (χ0v) is 24.5. The van der Waals surface area contributed by atoms with Crippen molar-refractivity contribution in [3.8, 4) is 11.5 Å². The Kier molecular flexibility index (Phi) is 12.6. The molecule has 1 heterocycles. The molecule has 1 aliphatic heterocycles. The fraction of sp³-hybridized carbons (Fsp3) is 0.548. The van der Waals surface area contributed by atoms with Gasteiger partial charge in [0.25, 0.3) is 5.91 Å². The van der Waals surface area contributed by atoms with Gasteiger partial charge in [-0.2, -0.15) is 0 Å². The van der Waals surface area contributed by atoms with Crippen LogP contribution in [-0.2, 0) is 9.47 Å². The number of carbonyl (C=O) groups excluding carboxylic acids is 2. The predicted molar refractivity (Wildman–Crippen MR) is 155 cm³/mol. The lowest BCUT2D eigenvalue weighted by Crippen LogP contribution is -2.42. The molecule has 3 atom stereocenters. The van der Waals surface area contributed by atoms with Gasteiger partial charge < -0.3 is 34.5 Å². The molecule has 9 nitrogen and oxygen atoms in total. The van der Waals surface area contributed by atoms with Crippen molar-refractivity contribution in [3.05, 3.63) is 59.7 Å². The molecular formula is C31H45N3O6. The van der Waals surface area contributed by atoms with Crippen LogP contribution in [0.2, 0.25) is 0 Å². The van der Waals surface area contributed by atoms with Crippen molar-refractivity contribution >= 4 is 12.0 Å². The van der Waals surface area contributed by atoms with E-state index in [9.17, 15) is 9.59 Å². The van der Waals surface area contributed by atoms with Crippen LogP contribution in [0, 0.1) is 11.8 Å². The molecule has 1 aliphatic rings. The van der Waals surface area contributed by atoms with Crippen LogP contribution in [0.3, 0.4) is 0 Å². The molecule has 2 aromatic carbocycles. The molecule has 2 aromatic rings. The van der Waals surface area contributed by atoms with Crippen molar-refractivity contribution in [1.29, 1.82) is 0 Å². The molecule has 0 aromatic heterocycles. The van der Waals surface area contributed by atoms with Crippen LogP contribution in [0.1, 0.15) is 55.6 Å². The van der Waals surface area contributed by atoms with Gasteiger partial charge in [0.05, 0.1) is 26.4 Å². The molecular weight excluding hydrogens is 510 g/mol. The second-order valence-electron chi connectivity index (χ2n) is 10.4. The summed E-state index contributed by atoms with van der Waals surface area (Å²) < 4.78 is 22.1. The summed E-state index contributed by atoms with van der Waals surface area (Å²) in [6.07, 6.45) is 1.08. The van der Waals surface area contributed by atoms with Gasteiger partial charge in [0.15, 0.2) is 11.5 Å². The molecule has 9 heteroatoms. The fourth-order valence-corrected chi connectivity index (χ4v) is 4.92. The van der Waals surface area contributed by atoms with Gasteiger partial charge in [-0.05, 0) is 49.9 Å². The van der Waals surface area contributed by atoms with Crippen molar-refractivity contribution < 1.29 is 28.5 Å². The van der Waals surface area contributed by atoms with Crippen molar-refractivity contribution in [2.75, 3.05) is 53.7 Å². The molecule has 0 spiro atoms.